The van der Waals surface area contributed by atoms with Gasteiger partial charge < -0.3 is 38.2 Å². The highest BCUT2D eigenvalue weighted by Crippen LogP contribution is 2.27. The Morgan fingerprint density at radius 1 is 0.957 bits per heavy atom. The number of hydrogen-bond acceptors (Lipinski definition) is 1. The van der Waals surface area contributed by atoms with E-state index in [4.69, 9.17) is 4.74 Å². The molecule has 0 saturated carbocycles. The van der Waals surface area contributed by atoms with Crippen molar-refractivity contribution >= 4 is 10.9 Å². The third-order valence-corrected chi connectivity index (χ3v) is 3.56. The van der Waals surface area contributed by atoms with Gasteiger partial charge in [0.1, 0.15) is 18.9 Å². The van der Waals surface area contributed by atoms with Gasteiger partial charge >= 0.3 is 0 Å². The van der Waals surface area contributed by atoms with E-state index in [1.807, 2.05) is 30.3 Å². The van der Waals surface area contributed by atoms with Crippen molar-refractivity contribution in [3.63, 3.8) is 0 Å². The van der Waals surface area contributed by atoms with Gasteiger partial charge in [0, 0.05) is 10.9 Å². The summed E-state index contributed by atoms with van der Waals surface area (Å²) in [7, 11) is 6.58. The number of halogens is 1. The van der Waals surface area contributed by atoms with Gasteiger partial charge in [-0.05, 0) is 23.8 Å². The van der Waals surface area contributed by atoms with Crippen LogP contribution in [0.1, 0.15) is 11.3 Å². The fraction of sp³-hybridized carbons (Fsp3) is 0.263. The van der Waals surface area contributed by atoms with Gasteiger partial charge in [0.2, 0.25) is 0 Å². The summed E-state index contributed by atoms with van der Waals surface area (Å²) in [6.07, 6.45) is 0. The Morgan fingerprint density at radius 3 is 2.39 bits per heavy atom. The summed E-state index contributed by atoms with van der Waals surface area (Å²) in [4.78, 5) is 3.50. The van der Waals surface area contributed by atoms with Crippen LogP contribution >= 0.6 is 0 Å². The molecule has 3 nitrogen and oxygen atoms in total. The van der Waals surface area contributed by atoms with E-state index in [1.165, 1.54) is 11.3 Å². The second-order valence-corrected chi connectivity index (χ2v) is 6.73. The number of nitrogens with zero attached hydrogens (tertiary/aromatic N) is 1. The normalized spacial score (nSPS) is 11.3. The van der Waals surface area contributed by atoms with Gasteiger partial charge in [-0.25, -0.2) is 0 Å². The van der Waals surface area contributed by atoms with Crippen LogP contribution in [-0.4, -0.2) is 30.6 Å². The van der Waals surface area contributed by atoms with Crippen molar-refractivity contribution in [2.75, 3.05) is 21.1 Å². The highest BCUT2D eigenvalue weighted by Gasteiger charge is 2.13. The third kappa shape index (κ3) is 4.72. The van der Waals surface area contributed by atoms with Gasteiger partial charge in [-0.2, -0.15) is 0 Å². The van der Waals surface area contributed by atoms with Gasteiger partial charge in [0.25, 0.3) is 0 Å². The number of fused-ring (bicyclic) bond motifs is 1. The summed E-state index contributed by atoms with van der Waals surface area (Å²) < 4.78 is 6.92. The van der Waals surface area contributed by atoms with Crippen molar-refractivity contribution < 1.29 is 33.2 Å². The number of quaternary nitrogens is 1. The molecule has 3 aromatic rings. The molecule has 4 heteroatoms. The van der Waals surface area contributed by atoms with Gasteiger partial charge in [-0.3, -0.25) is 0 Å². The van der Waals surface area contributed by atoms with Crippen LogP contribution in [0.4, 0.5) is 0 Å². The maximum Gasteiger partial charge on any atom is 0.129 e. The minimum atomic E-state index is 0. The first kappa shape index (κ1) is 17.8. The van der Waals surface area contributed by atoms with Crippen molar-refractivity contribution in [3.05, 3.63) is 65.9 Å². The molecule has 0 unspecified atom stereocenters. The van der Waals surface area contributed by atoms with Gasteiger partial charge in [0.15, 0.2) is 0 Å². The molecule has 1 N–H and O–H groups in total. The van der Waals surface area contributed by atoms with E-state index in [0.717, 1.165) is 27.7 Å². The lowest BCUT2D eigenvalue weighted by Gasteiger charge is -2.22. The Balaban J connectivity index is 0.00000192. The molecular formula is C19H23IN2O. The van der Waals surface area contributed by atoms with Crippen LogP contribution in [0.5, 0.6) is 5.75 Å². The molecule has 0 spiro atoms. The first-order valence-corrected chi connectivity index (χ1v) is 7.59. The molecule has 0 aliphatic heterocycles. The molecule has 0 amide bonds. The number of aromatic amines is 1. The number of H-pyrrole nitrogens is 1. The maximum absolute atomic E-state index is 6.02. The fourth-order valence-corrected chi connectivity index (χ4v) is 2.64. The van der Waals surface area contributed by atoms with Crippen molar-refractivity contribution in [2.24, 2.45) is 0 Å². The Labute approximate surface area is 154 Å². The minimum Gasteiger partial charge on any atom is -1.00 e. The van der Waals surface area contributed by atoms with E-state index in [-0.39, 0.29) is 24.0 Å². The van der Waals surface area contributed by atoms with Crippen LogP contribution in [0.15, 0.2) is 54.6 Å². The van der Waals surface area contributed by atoms with Crippen molar-refractivity contribution in [3.8, 4) is 5.75 Å². The molecule has 1 aromatic heterocycles. The molecule has 2 aromatic carbocycles. The SMILES string of the molecule is C[N+](C)(C)Cc1cc2c(OCc3ccccc3)cccc2[nH]1.[I-]. The highest BCUT2D eigenvalue weighted by molar-refractivity contribution is 5.86. The lowest BCUT2D eigenvalue weighted by Crippen LogP contribution is -3.00. The van der Waals surface area contributed by atoms with Crippen LogP contribution in [0.2, 0.25) is 0 Å². The first-order valence-electron chi connectivity index (χ1n) is 7.59. The predicted molar refractivity (Wildman–Crippen MR) is 90.8 cm³/mol. The largest absolute Gasteiger partial charge is 1.00 e. The molecule has 0 saturated heterocycles. The second-order valence-electron chi connectivity index (χ2n) is 6.73. The summed E-state index contributed by atoms with van der Waals surface area (Å²) in [6.45, 7) is 1.56. The number of nitrogens with one attached hydrogen (secondary N) is 1. The smallest absolute Gasteiger partial charge is 0.129 e. The molecule has 0 fully saturated rings. The average Bonchev–Trinajstić information content (AvgIpc) is 2.86. The number of aromatic nitrogens is 1. The summed E-state index contributed by atoms with van der Waals surface area (Å²) in [5.74, 6) is 0.935. The predicted octanol–water partition coefficient (Wildman–Crippen LogP) is 0.957. The summed E-state index contributed by atoms with van der Waals surface area (Å²) in [5, 5.41) is 1.15. The van der Waals surface area contributed by atoms with Crippen molar-refractivity contribution in [1.29, 1.82) is 0 Å². The lowest BCUT2D eigenvalue weighted by atomic mass is 10.2. The highest BCUT2D eigenvalue weighted by atomic mass is 127. The average molecular weight is 422 g/mol. The number of benzene rings is 2. The van der Waals surface area contributed by atoms with Crippen LogP contribution < -0.4 is 28.7 Å². The van der Waals surface area contributed by atoms with Crippen LogP contribution in [0.3, 0.4) is 0 Å². The molecule has 0 atom stereocenters. The maximum atomic E-state index is 6.02. The second kappa shape index (κ2) is 7.36. The van der Waals surface area contributed by atoms with Gasteiger partial charge in [0.05, 0.1) is 26.8 Å². The molecule has 3 rings (SSSR count). The minimum absolute atomic E-state index is 0. The molecule has 0 aliphatic rings. The van der Waals surface area contributed by atoms with Gasteiger partial charge in [-0.15, -0.1) is 0 Å². The molecular weight excluding hydrogens is 399 g/mol. The van der Waals surface area contributed by atoms with E-state index in [9.17, 15) is 0 Å². The zero-order valence-electron chi connectivity index (χ0n) is 13.8. The van der Waals surface area contributed by atoms with Crippen LogP contribution in [0.25, 0.3) is 10.9 Å². The Morgan fingerprint density at radius 2 is 1.70 bits per heavy atom. The van der Waals surface area contributed by atoms with Crippen molar-refractivity contribution in [2.45, 2.75) is 13.2 Å². The van der Waals surface area contributed by atoms with E-state index < -0.39 is 0 Å². The molecule has 0 aliphatic carbocycles. The molecule has 1 heterocycles. The van der Waals surface area contributed by atoms with Gasteiger partial charge in [-0.1, -0.05) is 36.4 Å². The quantitative estimate of drug-likeness (QED) is 0.481. The Hall–Kier alpha value is -1.53. The zero-order chi connectivity index (χ0) is 15.6. The summed E-state index contributed by atoms with van der Waals surface area (Å²) in [6, 6.07) is 18.6. The Bertz CT molecular complexity index is 760. The summed E-state index contributed by atoms with van der Waals surface area (Å²) in [5.41, 5.74) is 3.55. The first-order chi connectivity index (χ1) is 10.5. The topological polar surface area (TPSA) is 25.0 Å². The zero-order valence-corrected chi connectivity index (χ0v) is 16.0. The van der Waals surface area contributed by atoms with Crippen LogP contribution in [-0.2, 0) is 13.2 Å². The molecule has 0 bridgehead atoms. The number of ether oxygens (including phenoxy) is 1. The monoisotopic (exact) mass is 422 g/mol. The van der Waals surface area contributed by atoms with E-state index >= 15 is 0 Å². The van der Waals surface area contributed by atoms with Crippen molar-refractivity contribution in [1.82, 2.24) is 4.98 Å². The van der Waals surface area contributed by atoms with Crippen LogP contribution in [0, 0.1) is 0 Å². The van der Waals surface area contributed by atoms with E-state index in [2.05, 4.69) is 50.4 Å². The molecule has 122 valence electrons. The molecule has 23 heavy (non-hydrogen) atoms. The molecule has 0 radical (unpaired) electrons. The van der Waals surface area contributed by atoms with E-state index in [1.54, 1.807) is 0 Å². The number of rotatable bonds is 5. The lowest BCUT2D eigenvalue weighted by molar-refractivity contribution is -0.884. The van der Waals surface area contributed by atoms with E-state index in [0.29, 0.717) is 6.61 Å². The number of hydrogen-bond donors (Lipinski definition) is 1. The Kier molecular flexibility index (Phi) is 5.70. The fourth-order valence-electron chi connectivity index (χ4n) is 2.64. The third-order valence-electron chi connectivity index (χ3n) is 3.56. The summed E-state index contributed by atoms with van der Waals surface area (Å²) >= 11 is 0. The standard InChI is InChI=1S/C19H23N2O.HI/c1-21(2,3)13-16-12-17-18(20-16)10-7-11-19(17)22-14-15-8-5-4-6-9-15;/h4-12,20H,13-14H2,1-3H3;1H/q+1;/p-1.